The Morgan fingerprint density at radius 1 is 0.559 bits per heavy atom. The molecule has 5 rings (SSSR count). The Bertz CT molecular complexity index is 1370. The first-order valence-electron chi connectivity index (χ1n) is 10.9. The van der Waals surface area contributed by atoms with Gasteiger partial charge in [-0.3, -0.25) is 0 Å². The fraction of sp³-hybridized carbons (Fsp3) is 0. The molecule has 0 unspecified atom stereocenters. The van der Waals surface area contributed by atoms with Crippen LogP contribution in [0.5, 0.6) is 5.75 Å². The molecule has 0 amide bonds. The summed E-state index contributed by atoms with van der Waals surface area (Å²) in [4.78, 5) is 14.3. The Hall–Kier alpha value is -4.77. The standard InChI is InChI=1S/C29H22N4O/c1-20(34-26-15-9-8-14-25(26)30)21-16-18-24(19-17-21)29-32-27(22-10-4-2-5-11-22)31-28(33-29)23-12-6-3-7-13-23/h2-19H,1,30H2. The van der Waals surface area contributed by atoms with E-state index in [9.17, 15) is 0 Å². The van der Waals surface area contributed by atoms with Gasteiger partial charge < -0.3 is 10.5 Å². The van der Waals surface area contributed by atoms with Crippen molar-refractivity contribution in [1.82, 2.24) is 15.0 Å². The molecule has 4 aromatic carbocycles. The van der Waals surface area contributed by atoms with E-state index >= 15 is 0 Å². The molecule has 2 N–H and O–H groups in total. The summed E-state index contributed by atoms with van der Waals surface area (Å²) in [5.41, 5.74) is 10.1. The maximum atomic E-state index is 5.98. The molecule has 0 spiro atoms. The molecule has 0 radical (unpaired) electrons. The third kappa shape index (κ3) is 4.54. The number of benzene rings is 4. The Labute approximate surface area is 198 Å². The number of hydrogen-bond acceptors (Lipinski definition) is 5. The van der Waals surface area contributed by atoms with Gasteiger partial charge in [-0.05, 0) is 12.1 Å². The number of anilines is 1. The first-order valence-corrected chi connectivity index (χ1v) is 10.9. The maximum Gasteiger partial charge on any atom is 0.164 e. The molecule has 0 aliphatic carbocycles. The number of hydrogen-bond donors (Lipinski definition) is 1. The number of nitrogen functional groups attached to an aromatic ring is 1. The summed E-state index contributed by atoms with van der Waals surface area (Å²) < 4.78 is 5.87. The smallest absolute Gasteiger partial charge is 0.164 e. The number of para-hydroxylation sites is 2. The fourth-order valence-electron chi connectivity index (χ4n) is 3.51. The Morgan fingerprint density at radius 2 is 1.00 bits per heavy atom. The zero-order valence-corrected chi connectivity index (χ0v) is 18.4. The molecule has 0 bridgehead atoms. The minimum atomic E-state index is 0.509. The van der Waals surface area contributed by atoms with E-state index < -0.39 is 0 Å². The second-order valence-corrected chi connectivity index (χ2v) is 7.68. The summed E-state index contributed by atoms with van der Waals surface area (Å²) in [6.07, 6.45) is 0. The number of aromatic nitrogens is 3. The van der Waals surface area contributed by atoms with Gasteiger partial charge in [0.1, 0.15) is 11.5 Å². The van der Waals surface area contributed by atoms with Crippen LogP contribution < -0.4 is 10.5 Å². The van der Waals surface area contributed by atoms with Crippen molar-refractivity contribution in [3.8, 4) is 39.9 Å². The average Bonchev–Trinajstić information content (AvgIpc) is 2.91. The molecule has 0 fully saturated rings. The monoisotopic (exact) mass is 442 g/mol. The molecule has 5 heteroatoms. The van der Waals surface area contributed by atoms with E-state index in [4.69, 9.17) is 25.4 Å². The molecule has 0 saturated heterocycles. The Morgan fingerprint density at radius 3 is 1.50 bits per heavy atom. The van der Waals surface area contributed by atoms with Crippen LogP contribution in [0.15, 0.2) is 116 Å². The van der Waals surface area contributed by atoms with E-state index in [0.717, 1.165) is 22.3 Å². The van der Waals surface area contributed by atoms with Crippen molar-refractivity contribution in [2.24, 2.45) is 0 Å². The van der Waals surface area contributed by atoms with Crippen LogP contribution in [-0.2, 0) is 0 Å². The van der Waals surface area contributed by atoms with Gasteiger partial charge >= 0.3 is 0 Å². The first-order chi connectivity index (χ1) is 16.7. The number of rotatable bonds is 6. The van der Waals surface area contributed by atoms with Crippen molar-refractivity contribution in [2.45, 2.75) is 0 Å². The van der Waals surface area contributed by atoms with Crippen molar-refractivity contribution in [2.75, 3.05) is 5.73 Å². The molecule has 0 atom stereocenters. The molecular formula is C29H22N4O. The highest BCUT2D eigenvalue weighted by molar-refractivity contribution is 5.69. The second kappa shape index (κ2) is 9.38. The third-order valence-electron chi connectivity index (χ3n) is 5.32. The highest BCUT2D eigenvalue weighted by atomic mass is 16.5. The lowest BCUT2D eigenvalue weighted by Crippen LogP contribution is -2.00. The molecule has 0 aliphatic heterocycles. The van der Waals surface area contributed by atoms with Gasteiger partial charge in [0.15, 0.2) is 17.5 Å². The lowest BCUT2D eigenvalue weighted by molar-refractivity contribution is 0.519. The molecule has 1 heterocycles. The van der Waals surface area contributed by atoms with Crippen molar-refractivity contribution in [3.05, 3.63) is 121 Å². The van der Waals surface area contributed by atoms with Crippen LogP contribution in [0.25, 0.3) is 39.9 Å². The predicted octanol–water partition coefficient (Wildman–Crippen LogP) is 6.50. The number of nitrogens with two attached hydrogens (primary N) is 1. The zero-order valence-electron chi connectivity index (χ0n) is 18.4. The fourth-order valence-corrected chi connectivity index (χ4v) is 3.51. The minimum absolute atomic E-state index is 0.509. The normalized spacial score (nSPS) is 10.6. The molecule has 0 aliphatic rings. The van der Waals surface area contributed by atoms with Crippen LogP contribution in [0.2, 0.25) is 0 Å². The van der Waals surface area contributed by atoms with E-state index in [-0.39, 0.29) is 0 Å². The SMILES string of the molecule is C=C(Oc1ccccc1N)c1ccc(-c2nc(-c3ccccc3)nc(-c3ccccc3)n2)cc1. The molecular weight excluding hydrogens is 420 g/mol. The summed E-state index contributed by atoms with van der Waals surface area (Å²) in [5.74, 6) is 2.93. The van der Waals surface area contributed by atoms with Crippen molar-refractivity contribution in [1.29, 1.82) is 0 Å². The van der Waals surface area contributed by atoms with Crippen LogP contribution in [-0.4, -0.2) is 15.0 Å². The van der Waals surface area contributed by atoms with Crippen LogP contribution in [0.3, 0.4) is 0 Å². The predicted molar refractivity (Wildman–Crippen MR) is 137 cm³/mol. The third-order valence-corrected chi connectivity index (χ3v) is 5.32. The van der Waals surface area contributed by atoms with Gasteiger partial charge in [-0.15, -0.1) is 0 Å². The Kier molecular flexibility index (Phi) is 5.82. The molecule has 164 valence electrons. The number of ether oxygens (including phenoxy) is 1. The van der Waals surface area contributed by atoms with Crippen LogP contribution in [0, 0.1) is 0 Å². The molecule has 34 heavy (non-hydrogen) atoms. The molecule has 5 nitrogen and oxygen atoms in total. The molecule has 5 aromatic rings. The highest BCUT2D eigenvalue weighted by Crippen LogP contribution is 2.28. The van der Waals surface area contributed by atoms with Crippen LogP contribution >= 0.6 is 0 Å². The van der Waals surface area contributed by atoms with Crippen LogP contribution in [0.1, 0.15) is 5.56 Å². The summed E-state index contributed by atoms with van der Waals surface area (Å²) in [5, 5.41) is 0. The quantitative estimate of drug-likeness (QED) is 0.240. The van der Waals surface area contributed by atoms with Crippen molar-refractivity contribution < 1.29 is 4.74 Å². The minimum Gasteiger partial charge on any atom is -0.455 e. The lowest BCUT2D eigenvalue weighted by Gasteiger charge is -2.12. The largest absolute Gasteiger partial charge is 0.455 e. The van der Waals surface area contributed by atoms with Gasteiger partial charge in [0.2, 0.25) is 0 Å². The molecule has 1 aromatic heterocycles. The van der Waals surface area contributed by atoms with Gasteiger partial charge in [-0.25, -0.2) is 15.0 Å². The Balaban J connectivity index is 1.49. The van der Waals surface area contributed by atoms with E-state index in [1.54, 1.807) is 6.07 Å². The zero-order chi connectivity index (χ0) is 23.3. The first kappa shape index (κ1) is 21.1. The van der Waals surface area contributed by atoms with Crippen molar-refractivity contribution in [3.63, 3.8) is 0 Å². The van der Waals surface area contributed by atoms with E-state index in [2.05, 4.69) is 6.58 Å². The van der Waals surface area contributed by atoms with Gasteiger partial charge in [-0.1, -0.05) is 104 Å². The van der Waals surface area contributed by atoms with E-state index in [0.29, 0.717) is 34.7 Å². The summed E-state index contributed by atoms with van der Waals surface area (Å²) in [6, 6.07) is 34.9. The second-order valence-electron chi connectivity index (χ2n) is 7.68. The van der Waals surface area contributed by atoms with E-state index in [1.807, 2.05) is 103 Å². The van der Waals surface area contributed by atoms with Crippen LogP contribution in [0.4, 0.5) is 5.69 Å². The average molecular weight is 443 g/mol. The summed E-state index contributed by atoms with van der Waals surface area (Å²) in [7, 11) is 0. The van der Waals surface area contributed by atoms with Gasteiger partial charge in [0, 0.05) is 22.3 Å². The van der Waals surface area contributed by atoms with Gasteiger partial charge in [-0.2, -0.15) is 0 Å². The van der Waals surface area contributed by atoms with Gasteiger partial charge in [0.05, 0.1) is 5.69 Å². The highest BCUT2D eigenvalue weighted by Gasteiger charge is 2.12. The number of nitrogens with zero attached hydrogens (tertiary/aromatic N) is 3. The summed E-state index contributed by atoms with van der Waals surface area (Å²) >= 11 is 0. The maximum absolute atomic E-state index is 5.98. The van der Waals surface area contributed by atoms with Gasteiger partial charge in [0.25, 0.3) is 0 Å². The van der Waals surface area contributed by atoms with E-state index in [1.165, 1.54) is 0 Å². The molecule has 0 saturated carbocycles. The van der Waals surface area contributed by atoms with Crippen molar-refractivity contribution >= 4 is 11.4 Å². The summed E-state index contributed by atoms with van der Waals surface area (Å²) in [6.45, 7) is 4.05. The topological polar surface area (TPSA) is 73.9 Å². The lowest BCUT2D eigenvalue weighted by atomic mass is 10.1.